The van der Waals surface area contributed by atoms with Crippen molar-refractivity contribution in [2.45, 2.75) is 56.4 Å². The smallest absolute Gasteiger partial charge is 0.191 e. The molecule has 5 heteroatoms. The van der Waals surface area contributed by atoms with E-state index in [-0.39, 0.29) is 0 Å². The number of guanidine groups is 1. The fraction of sp³-hybridized carbons (Fsp3) is 0.929. The van der Waals surface area contributed by atoms with E-state index < -0.39 is 0 Å². The number of nitrogens with one attached hydrogen (secondary N) is 2. The predicted octanol–water partition coefficient (Wildman–Crippen LogP) is 0.566. The van der Waals surface area contributed by atoms with Gasteiger partial charge < -0.3 is 20.3 Å². The molecule has 1 aliphatic carbocycles. The van der Waals surface area contributed by atoms with Crippen molar-refractivity contribution >= 4 is 5.96 Å². The lowest BCUT2D eigenvalue weighted by Gasteiger charge is -2.23. The number of hydrogen-bond acceptors (Lipinski definition) is 3. The molecule has 3 atom stereocenters. The van der Waals surface area contributed by atoms with Crippen molar-refractivity contribution in [2.75, 3.05) is 27.2 Å². The standard InChI is InChI=1S/C14H26N4O/c1-15-14(16-7-8-18(2)10-3-4-10)17-12-9-11-5-6-13(12)19-11/h10-13H,3-9H2,1-2H3,(H2,15,16,17). The van der Waals surface area contributed by atoms with Crippen molar-refractivity contribution in [3.63, 3.8) is 0 Å². The molecule has 0 amide bonds. The van der Waals surface area contributed by atoms with E-state index in [1.807, 2.05) is 7.05 Å². The topological polar surface area (TPSA) is 48.9 Å². The van der Waals surface area contributed by atoms with E-state index in [1.165, 1.54) is 25.7 Å². The number of rotatable bonds is 5. The predicted molar refractivity (Wildman–Crippen MR) is 76.4 cm³/mol. The van der Waals surface area contributed by atoms with Gasteiger partial charge in [-0.05, 0) is 39.2 Å². The Morgan fingerprint density at radius 2 is 2.16 bits per heavy atom. The van der Waals surface area contributed by atoms with Crippen LogP contribution in [0.5, 0.6) is 0 Å². The molecular weight excluding hydrogens is 240 g/mol. The number of nitrogens with zero attached hydrogens (tertiary/aromatic N) is 2. The Balaban J connectivity index is 1.38. The molecule has 3 aliphatic rings. The molecule has 1 saturated carbocycles. The fourth-order valence-electron chi connectivity index (χ4n) is 3.21. The summed E-state index contributed by atoms with van der Waals surface area (Å²) in [5.41, 5.74) is 0. The quantitative estimate of drug-likeness (QED) is 0.564. The van der Waals surface area contributed by atoms with Crippen molar-refractivity contribution in [1.29, 1.82) is 0 Å². The van der Waals surface area contributed by atoms with E-state index >= 15 is 0 Å². The summed E-state index contributed by atoms with van der Waals surface area (Å²) in [6, 6.07) is 1.28. The molecule has 19 heavy (non-hydrogen) atoms. The van der Waals surface area contributed by atoms with Gasteiger partial charge >= 0.3 is 0 Å². The van der Waals surface area contributed by atoms with E-state index in [2.05, 4.69) is 27.6 Å². The first-order valence-corrected chi connectivity index (χ1v) is 7.59. The van der Waals surface area contributed by atoms with Gasteiger partial charge in [-0.15, -0.1) is 0 Å². The first-order valence-electron chi connectivity index (χ1n) is 7.59. The van der Waals surface area contributed by atoms with Crippen molar-refractivity contribution < 1.29 is 4.74 Å². The second kappa shape index (κ2) is 5.67. The van der Waals surface area contributed by atoms with Gasteiger partial charge in [0.15, 0.2) is 5.96 Å². The highest BCUT2D eigenvalue weighted by atomic mass is 16.5. The van der Waals surface area contributed by atoms with Gasteiger partial charge in [0.25, 0.3) is 0 Å². The summed E-state index contributed by atoms with van der Waals surface area (Å²) in [7, 11) is 4.05. The molecule has 3 rings (SSSR count). The normalized spacial score (nSPS) is 34.1. The average molecular weight is 266 g/mol. The monoisotopic (exact) mass is 266 g/mol. The Bertz CT molecular complexity index is 342. The van der Waals surface area contributed by atoms with Crippen LogP contribution in [0.1, 0.15) is 32.1 Å². The third-order valence-corrected chi connectivity index (χ3v) is 4.58. The number of likely N-dealkylation sites (N-methyl/N-ethyl adjacent to an activating group) is 1. The van der Waals surface area contributed by atoms with Crippen molar-refractivity contribution in [3.8, 4) is 0 Å². The summed E-state index contributed by atoms with van der Waals surface area (Å²) in [6.07, 6.45) is 7.19. The molecule has 0 aromatic carbocycles. The van der Waals surface area contributed by atoms with Gasteiger partial charge in [-0.25, -0.2) is 0 Å². The van der Waals surface area contributed by atoms with Crippen molar-refractivity contribution in [2.24, 2.45) is 4.99 Å². The maximum absolute atomic E-state index is 5.86. The zero-order chi connectivity index (χ0) is 13.2. The van der Waals surface area contributed by atoms with Gasteiger partial charge in [0.2, 0.25) is 0 Å². The highest BCUT2D eigenvalue weighted by molar-refractivity contribution is 5.80. The summed E-state index contributed by atoms with van der Waals surface area (Å²) in [5.74, 6) is 0.922. The van der Waals surface area contributed by atoms with E-state index in [4.69, 9.17) is 4.74 Å². The van der Waals surface area contributed by atoms with Crippen LogP contribution in [0, 0.1) is 0 Å². The maximum Gasteiger partial charge on any atom is 0.191 e. The highest BCUT2D eigenvalue weighted by Crippen LogP contribution is 2.34. The molecule has 2 saturated heterocycles. The van der Waals surface area contributed by atoms with Crippen LogP contribution in [0.3, 0.4) is 0 Å². The number of aliphatic imine (C=N–C) groups is 1. The maximum atomic E-state index is 5.86. The molecule has 0 aromatic heterocycles. The molecule has 2 heterocycles. The Hall–Kier alpha value is -0.810. The van der Waals surface area contributed by atoms with Crippen molar-refractivity contribution in [3.05, 3.63) is 0 Å². The van der Waals surface area contributed by atoms with E-state index in [9.17, 15) is 0 Å². The molecule has 3 fully saturated rings. The summed E-state index contributed by atoms with van der Waals surface area (Å²) in [5, 5.41) is 6.92. The van der Waals surface area contributed by atoms with E-state index in [1.54, 1.807) is 0 Å². The average Bonchev–Trinajstić information content (AvgIpc) is 3.08. The summed E-state index contributed by atoms with van der Waals surface area (Å²) >= 11 is 0. The Morgan fingerprint density at radius 1 is 1.32 bits per heavy atom. The first-order chi connectivity index (χ1) is 9.26. The molecule has 2 N–H and O–H groups in total. The number of fused-ring (bicyclic) bond motifs is 2. The molecule has 0 aromatic rings. The second-order valence-electron chi connectivity index (χ2n) is 6.07. The SMILES string of the molecule is CN=C(NCCN(C)C1CC1)NC1CC2CCC1O2. The molecule has 108 valence electrons. The van der Waals surface area contributed by atoms with Crippen LogP contribution >= 0.6 is 0 Å². The van der Waals surface area contributed by atoms with Crippen LogP contribution in [0.4, 0.5) is 0 Å². The first kappa shape index (κ1) is 13.2. The largest absolute Gasteiger partial charge is 0.373 e. The van der Waals surface area contributed by atoms with Gasteiger partial charge in [-0.1, -0.05) is 0 Å². The highest BCUT2D eigenvalue weighted by Gasteiger charge is 2.41. The lowest BCUT2D eigenvalue weighted by Crippen LogP contribution is -2.48. The molecule has 3 unspecified atom stereocenters. The minimum atomic E-state index is 0.401. The Kier molecular flexibility index (Phi) is 3.93. The van der Waals surface area contributed by atoms with Crippen LogP contribution in [0.2, 0.25) is 0 Å². The molecule has 5 nitrogen and oxygen atoms in total. The Morgan fingerprint density at radius 3 is 2.74 bits per heavy atom. The zero-order valence-electron chi connectivity index (χ0n) is 12.1. The fourth-order valence-corrected chi connectivity index (χ4v) is 3.21. The molecule has 2 aliphatic heterocycles. The van der Waals surface area contributed by atoms with E-state index in [0.717, 1.165) is 31.5 Å². The van der Waals surface area contributed by atoms with Crippen LogP contribution in [-0.2, 0) is 4.74 Å². The number of hydrogen-bond donors (Lipinski definition) is 2. The van der Waals surface area contributed by atoms with Crippen LogP contribution in [0.25, 0.3) is 0 Å². The van der Waals surface area contributed by atoms with E-state index in [0.29, 0.717) is 18.2 Å². The molecule has 0 radical (unpaired) electrons. The number of ether oxygens (including phenoxy) is 1. The zero-order valence-corrected chi connectivity index (χ0v) is 12.1. The minimum Gasteiger partial charge on any atom is -0.373 e. The van der Waals surface area contributed by atoms with Gasteiger partial charge in [-0.3, -0.25) is 4.99 Å². The summed E-state index contributed by atoms with van der Waals surface area (Å²) in [4.78, 5) is 6.74. The van der Waals surface area contributed by atoms with Gasteiger partial charge in [0.1, 0.15) is 0 Å². The lowest BCUT2D eigenvalue weighted by atomic mass is 9.96. The third kappa shape index (κ3) is 3.20. The summed E-state index contributed by atoms with van der Waals surface area (Å²) in [6.45, 7) is 2.03. The minimum absolute atomic E-state index is 0.401. The van der Waals surface area contributed by atoms with Gasteiger partial charge in [-0.2, -0.15) is 0 Å². The Labute approximate surface area is 115 Å². The molecule has 2 bridgehead atoms. The third-order valence-electron chi connectivity index (χ3n) is 4.58. The van der Waals surface area contributed by atoms with Gasteiger partial charge in [0, 0.05) is 26.2 Å². The summed E-state index contributed by atoms with van der Waals surface area (Å²) < 4.78 is 5.86. The van der Waals surface area contributed by atoms with Crippen LogP contribution in [-0.4, -0.2) is 62.3 Å². The van der Waals surface area contributed by atoms with Crippen LogP contribution < -0.4 is 10.6 Å². The molecule has 0 spiro atoms. The second-order valence-corrected chi connectivity index (χ2v) is 6.07. The van der Waals surface area contributed by atoms with Gasteiger partial charge in [0.05, 0.1) is 18.2 Å². The van der Waals surface area contributed by atoms with Crippen LogP contribution in [0.15, 0.2) is 4.99 Å². The molecular formula is C14H26N4O. The van der Waals surface area contributed by atoms with Crippen molar-refractivity contribution in [1.82, 2.24) is 15.5 Å². The lowest BCUT2D eigenvalue weighted by molar-refractivity contribution is 0.0992.